The molecule has 2 aromatic rings. The van der Waals surface area contributed by atoms with Crippen molar-refractivity contribution in [3.05, 3.63) is 48.1 Å². The summed E-state index contributed by atoms with van der Waals surface area (Å²) in [6.45, 7) is 6.37. The smallest absolute Gasteiger partial charge is 0.213 e. The summed E-state index contributed by atoms with van der Waals surface area (Å²) in [6, 6.07) is 10.7. The topological polar surface area (TPSA) is 51.0 Å². The van der Waals surface area contributed by atoms with Gasteiger partial charge in [0.1, 0.15) is 0 Å². The van der Waals surface area contributed by atoms with Gasteiger partial charge in [0.2, 0.25) is 6.39 Å². The van der Waals surface area contributed by atoms with Crippen LogP contribution in [0.2, 0.25) is 0 Å². The molecule has 0 aliphatic heterocycles. The van der Waals surface area contributed by atoms with Gasteiger partial charge in [-0.15, -0.1) is 0 Å². The third kappa shape index (κ3) is 4.17. The first kappa shape index (κ1) is 13.7. The van der Waals surface area contributed by atoms with E-state index in [2.05, 4.69) is 59.6 Å². The van der Waals surface area contributed by atoms with Crippen molar-refractivity contribution in [3.8, 4) is 0 Å². The summed E-state index contributed by atoms with van der Waals surface area (Å²) in [5, 5.41) is 7.28. The molecule has 0 amide bonds. The molecule has 1 unspecified atom stereocenters. The molecular weight excluding hydrogens is 238 g/mol. The molecule has 0 radical (unpaired) electrons. The van der Waals surface area contributed by atoms with E-state index in [-0.39, 0.29) is 0 Å². The lowest BCUT2D eigenvalue weighted by Gasteiger charge is -2.21. The highest BCUT2D eigenvalue weighted by Gasteiger charge is 2.14. The summed E-state index contributed by atoms with van der Waals surface area (Å²) in [7, 11) is 0. The Morgan fingerprint density at radius 2 is 2.00 bits per heavy atom. The minimum atomic E-state index is 0.534. The van der Waals surface area contributed by atoms with E-state index in [1.807, 2.05) is 0 Å². The molecule has 2 rings (SSSR count). The Bertz CT molecular complexity index is 454. The molecular formula is C15H21N3O. The lowest BCUT2D eigenvalue weighted by Crippen LogP contribution is -2.26. The summed E-state index contributed by atoms with van der Waals surface area (Å²) < 4.78 is 4.71. The standard InChI is InChI=1S/C15H21N3O/c1-12(2)14(13-6-4-3-5-7-13)10-16-9-8-15-17-11-19-18-15/h3-7,11-12,14,16H,8-10H2,1-2H3. The highest BCUT2D eigenvalue weighted by Crippen LogP contribution is 2.23. The molecule has 19 heavy (non-hydrogen) atoms. The predicted molar refractivity (Wildman–Crippen MR) is 74.9 cm³/mol. The molecule has 1 aromatic carbocycles. The molecule has 4 nitrogen and oxygen atoms in total. The van der Waals surface area contributed by atoms with E-state index in [1.165, 1.54) is 12.0 Å². The van der Waals surface area contributed by atoms with Crippen molar-refractivity contribution in [1.82, 2.24) is 15.5 Å². The third-order valence-corrected chi connectivity index (χ3v) is 3.33. The van der Waals surface area contributed by atoms with Gasteiger partial charge in [0.05, 0.1) is 0 Å². The van der Waals surface area contributed by atoms with E-state index >= 15 is 0 Å². The summed E-state index contributed by atoms with van der Waals surface area (Å²) in [5.41, 5.74) is 1.39. The lowest BCUT2D eigenvalue weighted by molar-refractivity contribution is 0.408. The van der Waals surface area contributed by atoms with Crippen LogP contribution in [0, 0.1) is 5.92 Å². The fourth-order valence-electron chi connectivity index (χ4n) is 2.20. The second-order valence-electron chi connectivity index (χ2n) is 5.06. The lowest BCUT2D eigenvalue weighted by atomic mass is 9.88. The molecule has 0 aliphatic carbocycles. The largest absolute Gasteiger partial charge is 0.343 e. The molecule has 0 saturated carbocycles. The van der Waals surface area contributed by atoms with E-state index in [0.717, 1.165) is 25.3 Å². The summed E-state index contributed by atoms with van der Waals surface area (Å²) >= 11 is 0. The number of nitrogens with zero attached hydrogens (tertiary/aromatic N) is 2. The maximum absolute atomic E-state index is 4.71. The van der Waals surface area contributed by atoms with Gasteiger partial charge in [0, 0.05) is 19.5 Å². The van der Waals surface area contributed by atoms with Gasteiger partial charge < -0.3 is 9.84 Å². The van der Waals surface area contributed by atoms with E-state index in [1.54, 1.807) is 0 Å². The van der Waals surface area contributed by atoms with Crippen molar-refractivity contribution in [2.24, 2.45) is 5.92 Å². The van der Waals surface area contributed by atoms with E-state index in [9.17, 15) is 0 Å². The Morgan fingerprint density at radius 1 is 1.21 bits per heavy atom. The normalized spacial score (nSPS) is 12.8. The maximum Gasteiger partial charge on any atom is 0.213 e. The number of nitrogens with one attached hydrogen (secondary N) is 1. The Morgan fingerprint density at radius 3 is 2.63 bits per heavy atom. The highest BCUT2D eigenvalue weighted by molar-refractivity contribution is 5.20. The Hall–Kier alpha value is -1.68. The van der Waals surface area contributed by atoms with Crippen LogP contribution >= 0.6 is 0 Å². The second kappa shape index (κ2) is 7.04. The molecule has 0 spiro atoms. The van der Waals surface area contributed by atoms with Crippen molar-refractivity contribution in [3.63, 3.8) is 0 Å². The number of benzene rings is 1. The van der Waals surface area contributed by atoms with Crippen LogP contribution in [0.3, 0.4) is 0 Å². The molecule has 102 valence electrons. The van der Waals surface area contributed by atoms with Crippen LogP contribution in [0.15, 0.2) is 41.2 Å². The monoisotopic (exact) mass is 259 g/mol. The molecule has 1 atom stereocenters. The van der Waals surface area contributed by atoms with Crippen LogP contribution in [-0.4, -0.2) is 23.2 Å². The quantitative estimate of drug-likeness (QED) is 0.777. The van der Waals surface area contributed by atoms with Crippen LogP contribution in [0.4, 0.5) is 0 Å². The first-order valence-corrected chi connectivity index (χ1v) is 6.78. The SMILES string of the molecule is CC(C)C(CNCCc1ncon1)c1ccccc1. The Labute approximate surface area is 114 Å². The first-order chi connectivity index (χ1) is 9.27. The van der Waals surface area contributed by atoms with Gasteiger partial charge in [0.15, 0.2) is 5.82 Å². The van der Waals surface area contributed by atoms with Crippen molar-refractivity contribution in [1.29, 1.82) is 0 Å². The van der Waals surface area contributed by atoms with Gasteiger partial charge in [-0.25, -0.2) is 0 Å². The molecule has 1 heterocycles. The zero-order valence-electron chi connectivity index (χ0n) is 11.5. The zero-order chi connectivity index (χ0) is 13.5. The average molecular weight is 259 g/mol. The predicted octanol–water partition coefficient (Wildman–Crippen LogP) is 2.64. The Kier molecular flexibility index (Phi) is 5.10. The summed E-state index contributed by atoms with van der Waals surface area (Å²) in [5.74, 6) is 1.90. The van der Waals surface area contributed by atoms with Crippen LogP contribution in [-0.2, 0) is 6.42 Å². The first-order valence-electron chi connectivity index (χ1n) is 6.78. The van der Waals surface area contributed by atoms with E-state index in [4.69, 9.17) is 4.52 Å². The molecule has 0 bridgehead atoms. The van der Waals surface area contributed by atoms with Gasteiger partial charge in [0.25, 0.3) is 0 Å². The number of hydrogen-bond acceptors (Lipinski definition) is 4. The molecule has 1 aromatic heterocycles. The minimum Gasteiger partial charge on any atom is -0.343 e. The van der Waals surface area contributed by atoms with Crippen molar-refractivity contribution in [2.75, 3.05) is 13.1 Å². The van der Waals surface area contributed by atoms with Gasteiger partial charge >= 0.3 is 0 Å². The fourth-order valence-corrected chi connectivity index (χ4v) is 2.20. The van der Waals surface area contributed by atoms with Crippen LogP contribution in [0.5, 0.6) is 0 Å². The van der Waals surface area contributed by atoms with E-state index < -0.39 is 0 Å². The fraction of sp³-hybridized carbons (Fsp3) is 0.467. The summed E-state index contributed by atoms with van der Waals surface area (Å²) in [4.78, 5) is 4.01. The summed E-state index contributed by atoms with van der Waals surface area (Å²) in [6.07, 6.45) is 2.17. The van der Waals surface area contributed by atoms with Crippen LogP contribution in [0.25, 0.3) is 0 Å². The average Bonchev–Trinajstić information content (AvgIpc) is 2.92. The second-order valence-corrected chi connectivity index (χ2v) is 5.06. The van der Waals surface area contributed by atoms with Crippen LogP contribution in [0.1, 0.15) is 31.2 Å². The number of aromatic nitrogens is 2. The Balaban J connectivity index is 1.81. The number of rotatable bonds is 7. The van der Waals surface area contributed by atoms with Crippen molar-refractivity contribution >= 4 is 0 Å². The third-order valence-electron chi connectivity index (χ3n) is 3.33. The van der Waals surface area contributed by atoms with Crippen molar-refractivity contribution < 1.29 is 4.52 Å². The van der Waals surface area contributed by atoms with Gasteiger partial charge in [-0.3, -0.25) is 0 Å². The van der Waals surface area contributed by atoms with Gasteiger partial charge in [-0.05, 0) is 17.4 Å². The molecule has 1 N–H and O–H groups in total. The molecule has 0 saturated heterocycles. The zero-order valence-corrected chi connectivity index (χ0v) is 11.5. The van der Waals surface area contributed by atoms with Gasteiger partial charge in [-0.1, -0.05) is 49.3 Å². The van der Waals surface area contributed by atoms with Crippen molar-refractivity contribution in [2.45, 2.75) is 26.2 Å². The van der Waals surface area contributed by atoms with E-state index in [0.29, 0.717) is 11.8 Å². The highest BCUT2D eigenvalue weighted by atomic mass is 16.5. The van der Waals surface area contributed by atoms with Gasteiger partial charge in [-0.2, -0.15) is 4.98 Å². The molecule has 4 heteroatoms. The minimum absolute atomic E-state index is 0.534. The maximum atomic E-state index is 4.71. The van der Waals surface area contributed by atoms with Crippen LogP contribution < -0.4 is 5.32 Å². The number of hydrogen-bond donors (Lipinski definition) is 1. The molecule has 0 fully saturated rings. The molecule has 0 aliphatic rings.